The summed E-state index contributed by atoms with van der Waals surface area (Å²) >= 11 is 0. The largest absolute Gasteiger partial charge is 0.310 e. The third kappa shape index (κ3) is 4.83. The van der Waals surface area contributed by atoms with Crippen molar-refractivity contribution in [1.29, 1.82) is 0 Å². The van der Waals surface area contributed by atoms with Crippen LogP contribution in [0.15, 0.2) is 194 Å². The van der Waals surface area contributed by atoms with Crippen molar-refractivity contribution in [2.24, 2.45) is 0 Å². The fourth-order valence-electron chi connectivity index (χ4n) is 7.15. The van der Waals surface area contributed by atoms with Gasteiger partial charge in [0.15, 0.2) is 0 Å². The van der Waals surface area contributed by atoms with Gasteiger partial charge in [-0.15, -0.1) is 0 Å². The van der Waals surface area contributed by atoms with Crippen molar-refractivity contribution >= 4 is 44.9 Å². The standard InChI is InChI=1S/C46H32N2/c1-4-14-33(15-5-1)36-30-37(34-16-6-2-7-17-34)32-41(31-36)47(38-20-8-3-9-21-38)39-26-28-40(29-27-39)48-44-24-11-10-22-42(44)43-23-12-18-35-19-13-25-45(48)46(35)43/h1-32H. The van der Waals surface area contributed by atoms with Gasteiger partial charge in [-0.2, -0.15) is 0 Å². The summed E-state index contributed by atoms with van der Waals surface area (Å²) in [6.07, 6.45) is 0. The van der Waals surface area contributed by atoms with E-state index in [2.05, 4.69) is 204 Å². The molecule has 9 rings (SSSR count). The molecule has 226 valence electrons. The maximum Gasteiger partial charge on any atom is 0.0546 e. The molecule has 0 bridgehead atoms. The molecular weight excluding hydrogens is 581 g/mol. The Hall–Kier alpha value is -6.38. The average Bonchev–Trinajstić information content (AvgIpc) is 3.17. The number of rotatable bonds is 6. The Morgan fingerprint density at radius 3 is 1.52 bits per heavy atom. The summed E-state index contributed by atoms with van der Waals surface area (Å²) < 4.78 is 0. The summed E-state index contributed by atoms with van der Waals surface area (Å²) in [7, 11) is 0. The van der Waals surface area contributed by atoms with Crippen LogP contribution in [0, 0.1) is 0 Å². The second-order valence-corrected chi connectivity index (χ2v) is 12.2. The first-order valence-corrected chi connectivity index (χ1v) is 16.4. The van der Waals surface area contributed by atoms with E-state index in [4.69, 9.17) is 0 Å². The molecule has 0 atom stereocenters. The molecule has 48 heavy (non-hydrogen) atoms. The molecule has 2 nitrogen and oxygen atoms in total. The minimum Gasteiger partial charge on any atom is -0.310 e. The molecule has 2 heteroatoms. The van der Waals surface area contributed by atoms with Crippen LogP contribution in [-0.4, -0.2) is 0 Å². The maximum absolute atomic E-state index is 2.41. The molecule has 1 heterocycles. The highest BCUT2D eigenvalue weighted by Gasteiger charge is 2.25. The third-order valence-electron chi connectivity index (χ3n) is 9.33. The molecule has 0 amide bonds. The number of fused-ring (bicyclic) bond motifs is 2. The number of nitrogens with zero attached hydrogens (tertiary/aromatic N) is 2. The molecule has 8 aromatic rings. The van der Waals surface area contributed by atoms with Crippen molar-refractivity contribution in [2.45, 2.75) is 0 Å². The number of hydrogen-bond acceptors (Lipinski definition) is 2. The van der Waals surface area contributed by atoms with Gasteiger partial charge in [0.25, 0.3) is 0 Å². The van der Waals surface area contributed by atoms with Crippen LogP contribution in [0.3, 0.4) is 0 Å². The van der Waals surface area contributed by atoms with Gasteiger partial charge in [0.1, 0.15) is 0 Å². The number of para-hydroxylation sites is 2. The highest BCUT2D eigenvalue weighted by atomic mass is 15.2. The normalized spacial score (nSPS) is 11.7. The SMILES string of the molecule is c1ccc(-c2cc(-c3ccccc3)cc(N(c3ccccc3)c3ccc(N4c5ccccc5-c5cccc6cccc4c56)cc3)c2)cc1. The summed E-state index contributed by atoms with van der Waals surface area (Å²) in [4.78, 5) is 4.77. The Morgan fingerprint density at radius 1 is 0.333 bits per heavy atom. The fraction of sp³-hybridized carbons (Fsp3) is 0. The first kappa shape index (κ1) is 27.9. The quantitative estimate of drug-likeness (QED) is 0.184. The van der Waals surface area contributed by atoms with Gasteiger partial charge in [0.2, 0.25) is 0 Å². The molecule has 1 aliphatic heterocycles. The zero-order valence-electron chi connectivity index (χ0n) is 26.4. The van der Waals surface area contributed by atoms with Crippen LogP contribution in [0.25, 0.3) is 44.2 Å². The van der Waals surface area contributed by atoms with E-state index in [1.807, 2.05) is 0 Å². The summed E-state index contributed by atoms with van der Waals surface area (Å²) in [5.41, 5.74) is 14.1. The van der Waals surface area contributed by atoms with Crippen LogP contribution in [0.5, 0.6) is 0 Å². The topological polar surface area (TPSA) is 6.48 Å². The van der Waals surface area contributed by atoms with Crippen molar-refractivity contribution in [3.8, 4) is 33.4 Å². The van der Waals surface area contributed by atoms with E-state index in [1.165, 1.54) is 55.5 Å². The van der Waals surface area contributed by atoms with E-state index in [-0.39, 0.29) is 0 Å². The van der Waals surface area contributed by atoms with Crippen molar-refractivity contribution in [3.63, 3.8) is 0 Å². The monoisotopic (exact) mass is 612 g/mol. The van der Waals surface area contributed by atoms with Gasteiger partial charge in [0.05, 0.1) is 11.4 Å². The predicted molar refractivity (Wildman–Crippen MR) is 203 cm³/mol. The van der Waals surface area contributed by atoms with Crippen LogP contribution in [-0.2, 0) is 0 Å². The van der Waals surface area contributed by atoms with Gasteiger partial charge >= 0.3 is 0 Å². The molecule has 0 spiro atoms. The van der Waals surface area contributed by atoms with Crippen molar-refractivity contribution in [1.82, 2.24) is 0 Å². The molecule has 0 radical (unpaired) electrons. The predicted octanol–water partition coefficient (Wildman–Crippen LogP) is 13.1. The van der Waals surface area contributed by atoms with Crippen LogP contribution < -0.4 is 9.80 Å². The first-order chi connectivity index (χ1) is 23.8. The number of anilines is 6. The first-order valence-electron chi connectivity index (χ1n) is 16.4. The highest BCUT2D eigenvalue weighted by molar-refractivity contribution is 6.13. The molecule has 0 fully saturated rings. The fourth-order valence-corrected chi connectivity index (χ4v) is 7.15. The lowest BCUT2D eigenvalue weighted by Gasteiger charge is -2.34. The molecule has 0 aromatic heterocycles. The van der Waals surface area contributed by atoms with E-state index in [9.17, 15) is 0 Å². The zero-order chi connectivity index (χ0) is 31.9. The lowest BCUT2D eigenvalue weighted by Crippen LogP contribution is -2.15. The minimum atomic E-state index is 1.10. The van der Waals surface area contributed by atoms with E-state index >= 15 is 0 Å². The van der Waals surface area contributed by atoms with Gasteiger partial charge in [-0.25, -0.2) is 0 Å². The Balaban J connectivity index is 1.20. The van der Waals surface area contributed by atoms with Gasteiger partial charge in [-0.05, 0) is 99.9 Å². The van der Waals surface area contributed by atoms with E-state index in [1.54, 1.807) is 0 Å². The Labute approximate surface area is 281 Å². The van der Waals surface area contributed by atoms with E-state index in [0.717, 1.165) is 22.7 Å². The highest BCUT2D eigenvalue weighted by Crippen LogP contribution is 2.51. The number of hydrogen-bond donors (Lipinski definition) is 0. The third-order valence-corrected chi connectivity index (χ3v) is 9.33. The molecule has 8 aromatic carbocycles. The van der Waals surface area contributed by atoms with Gasteiger partial charge in [0, 0.05) is 33.7 Å². The minimum absolute atomic E-state index is 1.10. The second kappa shape index (κ2) is 11.8. The Morgan fingerprint density at radius 2 is 0.854 bits per heavy atom. The van der Waals surface area contributed by atoms with Gasteiger partial charge in [-0.3, -0.25) is 0 Å². The molecule has 1 aliphatic rings. The van der Waals surface area contributed by atoms with Gasteiger partial charge in [-0.1, -0.05) is 127 Å². The molecule has 0 N–H and O–H groups in total. The van der Waals surface area contributed by atoms with Crippen molar-refractivity contribution < 1.29 is 0 Å². The summed E-state index contributed by atoms with van der Waals surface area (Å²) in [6, 6.07) is 69.9. The lowest BCUT2D eigenvalue weighted by atomic mass is 9.91. The van der Waals surface area contributed by atoms with Crippen LogP contribution >= 0.6 is 0 Å². The second-order valence-electron chi connectivity index (χ2n) is 12.2. The maximum atomic E-state index is 2.41. The van der Waals surface area contributed by atoms with Crippen molar-refractivity contribution in [2.75, 3.05) is 9.80 Å². The van der Waals surface area contributed by atoms with Crippen LogP contribution in [0.1, 0.15) is 0 Å². The summed E-state index contributed by atoms with van der Waals surface area (Å²) in [6.45, 7) is 0. The van der Waals surface area contributed by atoms with E-state index < -0.39 is 0 Å². The summed E-state index contributed by atoms with van der Waals surface area (Å²) in [5.74, 6) is 0. The molecule has 0 saturated carbocycles. The Kier molecular flexibility index (Phi) is 6.84. The van der Waals surface area contributed by atoms with E-state index in [0.29, 0.717) is 0 Å². The lowest BCUT2D eigenvalue weighted by molar-refractivity contribution is 1.26. The molecular formula is C46H32N2. The van der Waals surface area contributed by atoms with Crippen LogP contribution in [0.4, 0.5) is 34.1 Å². The van der Waals surface area contributed by atoms with Crippen LogP contribution in [0.2, 0.25) is 0 Å². The number of benzene rings is 8. The molecule has 0 unspecified atom stereocenters. The summed E-state index contributed by atoms with van der Waals surface area (Å²) in [5, 5.41) is 2.55. The molecule has 0 saturated heterocycles. The van der Waals surface area contributed by atoms with Gasteiger partial charge < -0.3 is 9.80 Å². The Bertz CT molecular complexity index is 2320. The average molecular weight is 613 g/mol. The molecule has 0 aliphatic carbocycles. The zero-order valence-corrected chi connectivity index (χ0v) is 26.4. The van der Waals surface area contributed by atoms with Crippen molar-refractivity contribution in [3.05, 3.63) is 194 Å². The smallest absolute Gasteiger partial charge is 0.0546 e.